The Morgan fingerprint density at radius 3 is 2.44 bits per heavy atom. The van der Waals surface area contributed by atoms with Gasteiger partial charge in [-0.3, -0.25) is 4.79 Å². The Kier molecular flexibility index (Phi) is 5.39. The zero-order valence-electron chi connectivity index (χ0n) is 17.9. The molecule has 0 heterocycles. The molecular formula is C25H23F4NO2. The minimum absolute atomic E-state index is 0.0856. The topological polar surface area (TPSA) is 38.3 Å². The van der Waals surface area contributed by atoms with E-state index in [1.165, 1.54) is 13.2 Å². The summed E-state index contributed by atoms with van der Waals surface area (Å²) in [5.41, 5.74) is -0.160. The molecule has 0 radical (unpaired) electrons. The van der Waals surface area contributed by atoms with Crippen molar-refractivity contribution in [1.82, 2.24) is 5.32 Å². The number of nitrogens with one attached hydrogen (secondary N) is 1. The molecule has 0 aromatic heterocycles. The third-order valence-corrected chi connectivity index (χ3v) is 6.23. The van der Waals surface area contributed by atoms with Crippen molar-refractivity contribution in [2.75, 3.05) is 7.11 Å². The molecule has 32 heavy (non-hydrogen) atoms. The van der Waals surface area contributed by atoms with Gasteiger partial charge in [-0.2, -0.15) is 13.2 Å². The first-order chi connectivity index (χ1) is 15.0. The van der Waals surface area contributed by atoms with E-state index in [0.717, 1.165) is 11.5 Å². The van der Waals surface area contributed by atoms with Gasteiger partial charge in [0.2, 0.25) is 0 Å². The van der Waals surface area contributed by atoms with Crippen molar-refractivity contribution >= 4 is 16.7 Å². The fourth-order valence-electron chi connectivity index (χ4n) is 4.84. The van der Waals surface area contributed by atoms with Gasteiger partial charge in [-0.1, -0.05) is 56.3 Å². The minimum atomic E-state index is -4.56. The third-order valence-electron chi connectivity index (χ3n) is 6.23. The molecule has 3 aromatic rings. The van der Waals surface area contributed by atoms with Crippen molar-refractivity contribution in [3.05, 3.63) is 77.1 Å². The largest absolute Gasteiger partial charge is 0.493 e. The van der Waals surface area contributed by atoms with Crippen LogP contribution >= 0.6 is 0 Å². The smallest absolute Gasteiger partial charge is 0.394 e. The Labute approximate surface area is 183 Å². The number of methoxy groups -OCH3 is 1. The van der Waals surface area contributed by atoms with Gasteiger partial charge >= 0.3 is 6.18 Å². The number of benzene rings is 3. The number of halogens is 4. The number of fused-ring (bicyclic) bond motifs is 2. The maximum absolute atomic E-state index is 14.4. The predicted octanol–water partition coefficient (Wildman–Crippen LogP) is 6.32. The minimum Gasteiger partial charge on any atom is -0.493 e. The van der Waals surface area contributed by atoms with Crippen molar-refractivity contribution in [3.63, 3.8) is 0 Å². The summed E-state index contributed by atoms with van der Waals surface area (Å²) < 4.78 is 62.1. The molecule has 168 valence electrons. The van der Waals surface area contributed by atoms with E-state index in [-0.39, 0.29) is 23.3 Å². The first-order valence-corrected chi connectivity index (χ1v) is 10.3. The van der Waals surface area contributed by atoms with E-state index in [1.54, 1.807) is 38.1 Å². The quantitative estimate of drug-likeness (QED) is 0.479. The monoisotopic (exact) mass is 445 g/mol. The molecule has 0 aliphatic heterocycles. The molecule has 1 amide bonds. The highest BCUT2D eigenvalue weighted by atomic mass is 19.4. The van der Waals surface area contributed by atoms with E-state index in [9.17, 15) is 22.4 Å². The molecule has 3 nitrogen and oxygen atoms in total. The van der Waals surface area contributed by atoms with Crippen molar-refractivity contribution in [3.8, 4) is 5.75 Å². The highest BCUT2D eigenvalue weighted by Crippen LogP contribution is 2.53. The van der Waals surface area contributed by atoms with Crippen LogP contribution in [0, 0.1) is 11.7 Å². The van der Waals surface area contributed by atoms with Crippen LogP contribution in [0.2, 0.25) is 0 Å². The molecule has 2 unspecified atom stereocenters. The van der Waals surface area contributed by atoms with Gasteiger partial charge in [0.15, 0.2) is 11.6 Å². The van der Waals surface area contributed by atoms with Gasteiger partial charge in [-0.05, 0) is 40.3 Å². The highest BCUT2D eigenvalue weighted by molar-refractivity contribution is 6.07. The van der Waals surface area contributed by atoms with Crippen LogP contribution in [0.4, 0.5) is 17.6 Å². The number of ether oxygens (including phenoxy) is 1. The molecule has 1 aliphatic carbocycles. The molecular weight excluding hydrogens is 422 g/mol. The maximum Gasteiger partial charge on any atom is 0.394 e. The lowest BCUT2D eigenvalue weighted by molar-refractivity contribution is -0.190. The van der Waals surface area contributed by atoms with E-state index < -0.39 is 35.3 Å². The molecule has 0 fully saturated rings. The number of carbonyl (C=O) groups excluding carboxylic acids is 1. The second-order valence-corrected chi connectivity index (χ2v) is 8.76. The van der Waals surface area contributed by atoms with Crippen LogP contribution in [0.5, 0.6) is 5.75 Å². The van der Waals surface area contributed by atoms with E-state index in [1.807, 2.05) is 18.2 Å². The van der Waals surface area contributed by atoms with Crippen LogP contribution in [0.25, 0.3) is 10.8 Å². The summed E-state index contributed by atoms with van der Waals surface area (Å²) in [6.07, 6.45) is -4.88. The number of carbonyl (C=O) groups is 1. The molecule has 7 heteroatoms. The van der Waals surface area contributed by atoms with Gasteiger partial charge in [-0.15, -0.1) is 0 Å². The second kappa shape index (κ2) is 7.80. The zero-order chi connectivity index (χ0) is 23.3. The molecule has 2 atom stereocenters. The van der Waals surface area contributed by atoms with Crippen LogP contribution < -0.4 is 10.1 Å². The summed E-state index contributed by atoms with van der Waals surface area (Å²) in [6, 6.07) is 13.3. The van der Waals surface area contributed by atoms with Gasteiger partial charge in [-0.25, -0.2) is 4.39 Å². The average Bonchev–Trinajstić information content (AvgIpc) is 2.74. The number of rotatable bonds is 3. The molecule has 3 aromatic carbocycles. The van der Waals surface area contributed by atoms with E-state index >= 15 is 0 Å². The Morgan fingerprint density at radius 1 is 1.06 bits per heavy atom. The Hall–Kier alpha value is -3.09. The third kappa shape index (κ3) is 3.70. The molecule has 0 saturated heterocycles. The van der Waals surface area contributed by atoms with Crippen molar-refractivity contribution in [1.29, 1.82) is 0 Å². The van der Waals surface area contributed by atoms with E-state index in [0.29, 0.717) is 10.9 Å². The summed E-state index contributed by atoms with van der Waals surface area (Å²) in [5, 5.41) is 4.06. The Balaban J connectivity index is 1.84. The standard InChI is InChI=1S/C25H23F4NO2/c1-24(2)13-18(25(27,28)29)21(17-11-12-19(26)22(32-3)20(17)24)30-23(31)16-10-6-8-14-7-4-5-9-15(14)16/h4-12,18,21H,13H2,1-3H3,(H,30,31). The first kappa shape index (κ1) is 22.1. The van der Waals surface area contributed by atoms with Gasteiger partial charge in [0.05, 0.1) is 19.1 Å². The molecule has 4 rings (SSSR count). The fraction of sp³-hybridized carbons (Fsp3) is 0.320. The number of hydrogen-bond donors (Lipinski definition) is 1. The summed E-state index contributed by atoms with van der Waals surface area (Å²) in [5.74, 6) is -3.18. The van der Waals surface area contributed by atoms with E-state index in [2.05, 4.69) is 5.32 Å². The Bertz CT molecular complexity index is 1180. The summed E-state index contributed by atoms with van der Waals surface area (Å²) in [4.78, 5) is 13.2. The summed E-state index contributed by atoms with van der Waals surface area (Å²) >= 11 is 0. The van der Waals surface area contributed by atoms with Crippen molar-refractivity contribution in [2.24, 2.45) is 5.92 Å². The second-order valence-electron chi connectivity index (χ2n) is 8.76. The average molecular weight is 445 g/mol. The predicted molar refractivity (Wildman–Crippen MR) is 114 cm³/mol. The SMILES string of the molecule is COc1c(F)ccc2c1C(C)(C)CC(C(F)(F)F)C2NC(=O)c1cccc2ccccc12. The molecule has 1 aliphatic rings. The number of amides is 1. The molecule has 0 bridgehead atoms. The molecule has 1 N–H and O–H groups in total. The molecule has 0 spiro atoms. The maximum atomic E-state index is 14.4. The van der Waals surface area contributed by atoms with Crippen LogP contribution in [0.1, 0.15) is 47.8 Å². The lowest BCUT2D eigenvalue weighted by atomic mass is 9.65. The highest BCUT2D eigenvalue weighted by Gasteiger charge is 2.53. The number of hydrogen-bond acceptors (Lipinski definition) is 2. The first-order valence-electron chi connectivity index (χ1n) is 10.3. The zero-order valence-corrected chi connectivity index (χ0v) is 17.9. The lowest BCUT2D eigenvalue weighted by Gasteiger charge is -2.44. The fourth-order valence-corrected chi connectivity index (χ4v) is 4.84. The van der Waals surface area contributed by atoms with Crippen LogP contribution in [-0.4, -0.2) is 19.2 Å². The summed E-state index contributed by atoms with van der Waals surface area (Å²) in [7, 11) is 1.29. The molecule has 0 saturated carbocycles. The summed E-state index contributed by atoms with van der Waals surface area (Å²) in [6.45, 7) is 3.27. The van der Waals surface area contributed by atoms with Gasteiger partial charge in [0.1, 0.15) is 0 Å². The van der Waals surface area contributed by atoms with Gasteiger partial charge in [0, 0.05) is 11.1 Å². The Morgan fingerprint density at radius 2 is 1.75 bits per heavy atom. The van der Waals surface area contributed by atoms with Gasteiger partial charge in [0.25, 0.3) is 5.91 Å². The lowest BCUT2D eigenvalue weighted by Crippen LogP contribution is -2.47. The van der Waals surface area contributed by atoms with Crippen LogP contribution in [-0.2, 0) is 5.41 Å². The van der Waals surface area contributed by atoms with Gasteiger partial charge < -0.3 is 10.1 Å². The van der Waals surface area contributed by atoms with E-state index in [4.69, 9.17) is 4.74 Å². The van der Waals surface area contributed by atoms with Crippen LogP contribution in [0.3, 0.4) is 0 Å². The number of alkyl halides is 3. The van der Waals surface area contributed by atoms with Crippen molar-refractivity contribution < 1.29 is 27.1 Å². The van der Waals surface area contributed by atoms with Crippen molar-refractivity contribution in [2.45, 2.75) is 37.9 Å². The van der Waals surface area contributed by atoms with Crippen LogP contribution in [0.15, 0.2) is 54.6 Å². The normalized spacial score (nSPS) is 20.0.